The van der Waals surface area contributed by atoms with Gasteiger partial charge >= 0.3 is 0 Å². The van der Waals surface area contributed by atoms with E-state index < -0.39 is 0 Å². The van der Waals surface area contributed by atoms with Crippen molar-refractivity contribution in [3.05, 3.63) is 47.3 Å². The fourth-order valence-corrected chi connectivity index (χ4v) is 2.72. The van der Waals surface area contributed by atoms with Crippen LogP contribution in [0.1, 0.15) is 28.7 Å². The lowest BCUT2D eigenvalue weighted by molar-refractivity contribution is 0.101. The number of aromatic nitrogens is 2. The summed E-state index contributed by atoms with van der Waals surface area (Å²) in [6.07, 6.45) is 2.13. The monoisotopic (exact) mass is 271 g/mol. The minimum absolute atomic E-state index is 0.0834. The molecule has 0 unspecified atom stereocenters. The summed E-state index contributed by atoms with van der Waals surface area (Å²) in [5, 5.41) is 0.906. The Kier molecular flexibility index (Phi) is 2.91. The summed E-state index contributed by atoms with van der Waals surface area (Å²) in [4.78, 5) is 17.9. The SMILES string of the molecule is CC(=O)c1cccc(C2=CCN2c2nc(C)ns2)c1. The minimum atomic E-state index is 0.0834. The molecule has 5 heteroatoms. The second kappa shape index (κ2) is 4.59. The third kappa shape index (κ3) is 2.17. The van der Waals surface area contributed by atoms with Gasteiger partial charge in [-0.2, -0.15) is 4.37 Å². The lowest BCUT2D eigenvalue weighted by atomic mass is 10.0. The zero-order valence-electron chi connectivity index (χ0n) is 10.8. The van der Waals surface area contributed by atoms with Crippen LogP contribution in [-0.4, -0.2) is 21.7 Å². The molecule has 19 heavy (non-hydrogen) atoms. The van der Waals surface area contributed by atoms with Crippen molar-refractivity contribution in [2.45, 2.75) is 13.8 Å². The van der Waals surface area contributed by atoms with E-state index in [1.807, 2.05) is 31.2 Å². The second-order valence-corrected chi connectivity index (χ2v) is 5.19. The van der Waals surface area contributed by atoms with Gasteiger partial charge in [0.25, 0.3) is 0 Å². The number of nitrogens with zero attached hydrogens (tertiary/aromatic N) is 3. The van der Waals surface area contributed by atoms with Crippen molar-refractivity contribution in [2.24, 2.45) is 0 Å². The lowest BCUT2D eigenvalue weighted by Crippen LogP contribution is -2.30. The molecule has 1 aliphatic rings. The molecule has 0 N–H and O–H groups in total. The van der Waals surface area contributed by atoms with Crippen molar-refractivity contribution >= 4 is 28.1 Å². The van der Waals surface area contributed by atoms with Crippen LogP contribution < -0.4 is 4.90 Å². The van der Waals surface area contributed by atoms with Crippen LogP contribution in [0.25, 0.3) is 5.70 Å². The van der Waals surface area contributed by atoms with Gasteiger partial charge in [-0.25, -0.2) is 4.98 Å². The number of hydrogen-bond acceptors (Lipinski definition) is 5. The van der Waals surface area contributed by atoms with Crippen LogP contribution in [0, 0.1) is 6.92 Å². The highest BCUT2D eigenvalue weighted by Crippen LogP contribution is 2.33. The first kappa shape index (κ1) is 12.0. The number of hydrogen-bond donors (Lipinski definition) is 0. The van der Waals surface area contributed by atoms with E-state index in [0.29, 0.717) is 0 Å². The molecule has 1 aromatic heterocycles. The Hall–Kier alpha value is -2.01. The number of aryl methyl sites for hydroxylation is 1. The third-order valence-electron chi connectivity index (χ3n) is 3.07. The summed E-state index contributed by atoms with van der Waals surface area (Å²) >= 11 is 1.40. The van der Waals surface area contributed by atoms with E-state index in [4.69, 9.17) is 0 Å². The van der Waals surface area contributed by atoms with Crippen LogP contribution in [0.3, 0.4) is 0 Å². The van der Waals surface area contributed by atoms with Crippen LogP contribution in [0.4, 0.5) is 5.13 Å². The van der Waals surface area contributed by atoms with Crippen molar-refractivity contribution in [2.75, 3.05) is 11.4 Å². The predicted molar refractivity (Wildman–Crippen MR) is 76.4 cm³/mol. The van der Waals surface area contributed by atoms with E-state index in [0.717, 1.165) is 34.3 Å². The molecule has 0 bridgehead atoms. The number of benzene rings is 1. The molecule has 1 aromatic carbocycles. The summed E-state index contributed by atoms with van der Waals surface area (Å²) in [7, 11) is 0. The molecule has 96 valence electrons. The average Bonchev–Trinajstić information content (AvgIpc) is 2.74. The summed E-state index contributed by atoms with van der Waals surface area (Å²) < 4.78 is 4.20. The number of ketones is 1. The summed E-state index contributed by atoms with van der Waals surface area (Å²) in [6.45, 7) is 4.31. The molecule has 4 nitrogen and oxygen atoms in total. The average molecular weight is 271 g/mol. The van der Waals surface area contributed by atoms with E-state index >= 15 is 0 Å². The third-order valence-corrected chi connectivity index (χ3v) is 3.90. The van der Waals surface area contributed by atoms with E-state index in [9.17, 15) is 4.79 Å². The van der Waals surface area contributed by atoms with Gasteiger partial charge < -0.3 is 4.90 Å². The largest absolute Gasteiger partial charge is 0.312 e. The maximum absolute atomic E-state index is 11.4. The maximum atomic E-state index is 11.4. The van der Waals surface area contributed by atoms with Gasteiger partial charge in [0.2, 0.25) is 5.13 Å². The van der Waals surface area contributed by atoms with E-state index in [1.165, 1.54) is 11.5 Å². The predicted octanol–water partition coefficient (Wildman–Crippen LogP) is 2.91. The van der Waals surface area contributed by atoms with Crippen LogP contribution in [-0.2, 0) is 0 Å². The highest BCUT2D eigenvalue weighted by molar-refractivity contribution is 7.09. The fraction of sp³-hybridized carbons (Fsp3) is 0.214. The molecule has 0 amide bonds. The maximum Gasteiger partial charge on any atom is 0.210 e. The lowest BCUT2D eigenvalue weighted by Gasteiger charge is -2.31. The molecule has 1 aliphatic heterocycles. The number of anilines is 1. The molecule has 0 saturated heterocycles. The summed E-state index contributed by atoms with van der Waals surface area (Å²) in [5.74, 6) is 0.879. The Morgan fingerprint density at radius 2 is 2.26 bits per heavy atom. The van der Waals surface area contributed by atoms with E-state index in [2.05, 4.69) is 20.3 Å². The van der Waals surface area contributed by atoms with Gasteiger partial charge in [-0.1, -0.05) is 18.2 Å². The molecule has 2 heterocycles. The molecule has 2 aromatic rings. The summed E-state index contributed by atoms with van der Waals surface area (Å²) in [5.41, 5.74) is 2.88. The molecule has 0 aliphatic carbocycles. The van der Waals surface area contributed by atoms with Crippen molar-refractivity contribution < 1.29 is 4.79 Å². The van der Waals surface area contributed by atoms with Crippen LogP contribution in [0.5, 0.6) is 0 Å². The normalized spacial score (nSPS) is 14.0. The molecule has 0 radical (unpaired) electrons. The van der Waals surface area contributed by atoms with Gasteiger partial charge in [0.1, 0.15) is 5.82 Å². The van der Waals surface area contributed by atoms with Gasteiger partial charge in [0, 0.05) is 29.3 Å². The molecule has 0 saturated carbocycles. The second-order valence-electron chi connectivity index (χ2n) is 4.46. The summed E-state index contributed by atoms with van der Waals surface area (Å²) in [6, 6.07) is 7.69. The molecule has 0 spiro atoms. The number of carbonyl (C=O) groups excluding carboxylic acids is 1. The molecule has 0 fully saturated rings. The Morgan fingerprint density at radius 1 is 1.42 bits per heavy atom. The smallest absolute Gasteiger partial charge is 0.210 e. The van der Waals surface area contributed by atoms with Crippen LogP contribution in [0.15, 0.2) is 30.3 Å². The highest BCUT2D eigenvalue weighted by atomic mass is 32.1. The highest BCUT2D eigenvalue weighted by Gasteiger charge is 2.23. The van der Waals surface area contributed by atoms with Crippen molar-refractivity contribution in [3.63, 3.8) is 0 Å². The minimum Gasteiger partial charge on any atom is -0.312 e. The standard InChI is InChI=1S/C14H13N3OS/c1-9(18)11-4-3-5-12(8-11)13-6-7-17(13)14-15-10(2)16-19-14/h3-6,8H,7H2,1-2H3. The van der Waals surface area contributed by atoms with Crippen LogP contribution >= 0.6 is 11.5 Å². The Balaban J connectivity index is 1.91. The number of rotatable bonds is 3. The zero-order chi connectivity index (χ0) is 13.4. The van der Waals surface area contributed by atoms with Crippen molar-refractivity contribution in [1.29, 1.82) is 0 Å². The molecule has 3 rings (SSSR count). The Morgan fingerprint density at radius 3 is 2.84 bits per heavy atom. The van der Waals surface area contributed by atoms with Gasteiger partial charge in [-0.15, -0.1) is 0 Å². The Labute approximate surface area is 115 Å². The molecular formula is C14H13N3OS. The van der Waals surface area contributed by atoms with Gasteiger partial charge in [0.15, 0.2) is 5.78 Å². The van der Waals surface area contributed by atoms with Gasteiger partial charge in [-0.05, 0) is 31.6 Å². The van der Waals surface area contributed by atoms with Gasteiger partial charge in [-0.3, -0.25) is 4.79 Å². The first-order valence-electron chi connectivity index (χ1n) is 6.04. The van der Waals surface area contributed by atoms with Crippen molar-refractivity contribution in [3.8, 4) is 0 Å². The zero-order valence-corrected chi connectivity index (χ0v) is 11.6. The number of Topliss-reactive ketones (excluding diaryl/α,β-unsaturated/α-hetero) is 1. The van der Waals surface area contributed by atoms with E-state index in [-0.39, 0.29) is 5.78 Å². The quantitative estimate of drug-likeness (QED) is 0.805. The topological polar surface area (TPSA) is 46.1 Å². The van der Waals surface area contributed by atoms with Crippen LogP contribution in [0.2, 0.25) is 0 Å². The van der Waals surface area contributed by atoms with Gasteiger partial charge in [0.05, 0.1) is 0 Å². The fourth-order valence-electron chi connectivity index (χ4n) is 2.02. The first-order chi connectivity index (χ1) is 9.15. The van der Waals surface area contributed by atoms with E-state index in [1.54, 1.807) is 6.92 Å². The Bertz CT molecular complexity index is 675. The first-order valence-corrected chi connectivity index (χ1v) is 6.82. The number of carbonyl (C=O) groups is 1. The molecular weight excluding hydrogens is 258 g/mol. The van der Waals surface area contributed by atoms with Crippen molar-refractivity contribution in [1.82, 2.24) is 9.36 Å². The molecule has 0 atom stereocenters.